The maximum absolute atomic E-state index is 13.2. The normalized spacial score (nSPS) is 14.3. The first-order valence-electron chi connectivity index (χ1n) is 25.3. The van der Waals surface area contributed by atoms with E-state index in [9.17, 15) is 19.8 Å². The van der Waals surface area contributed by atoms with Gasteiger partial charge in [-0.25, -0.2) is 0 Å². The molecule has 0 aliphatic carbocycles. The zero-order valence-electron chi connectivity index (χ0n) is 40.4. The average Bonchev–Trinajstić information content (AvgIpc) is 3.28. The van der Waals surface area contributed by atoms with Crippen molar-refractivity contribution in [3.05, 3.63) is 122 Å². The Hall–Kier alpha value is -3.74. The molecular weight excluding hydrogens is 779 g/mol. The molecule has 0 spiro atoms. The maximum atomic E-state index is 13.2. The molecule has 6 heteroatoms. The van der Waals surface area contributed by atoms with E-state index in [4.69, 9.17) is 4.74 Å². The number of aliphatic hydroxyl groups is 2. The third-order valence-corrected chi connectivity index (χ3v) is 10.7. The Bertz CT molecular complexity index is 1350. The first kappa shape index (κ1) is 59.3. The number of esters is 1. The molecule has 0 aliphatic rings. The van der Waals surface area contributed by atoms with E-state index in [1.165, 1.54) is 83.5 Å². The third-order valence-electron chi connectivity index (χ3n) is 10.7. The number of amides is 1. The molecule has 0 aromatic carbocycles. The van der Waals surface area contributed by atoms with Crippen LogP contribution in [0.5, 0.6) is 0 Å². The molecule has 356 valence electrons. The van der Waals surface area contributed by atoms with Crippen LogP contribution in [0.15, 0.2) is 122 Å². The standard InChI is InChI=1S/C57H93NO5/c1-4-7-10-13-16-19-22-24-26-28-30-32-35-38-41-44-47-50-57(62)63-53(48-45-42-39-36-33-21-18-15-12-9-6-3)51-56(61)58-54(52-59)55(60)49-46-43-40-37-34-31-29-27-25-23-20-17-14-11-8-5-2/h7,9-10,12,15-16,18-19,21,24,26,30,32-33,36,38-39,41-42,45,53-55,59-60H,4-6,8,11,13-14,17,20,22-23,25,27-29,31,34-35,37,40,43-44,46-52H2,1-3H3,(H,58,61)/b10-7-,12-9+,18-15+,19-16-,26-24-,32-30-,33-21-,39-36-,41-38-,45-42+. The smallest absolute Gasteiger partial charge is 0.306 e. The fourth-order valence-electron chi connectivity index (χ4n) is 6.90. The van der Waals surface area contributed by atoms with Gasteiger partial charge in [0.25, 0.3) is 0 Å². The van der Waals surface area contributed by atoms with E-state index >= 15 is 0 Å². The van der Waals surface area contributed by atoms with Gasteiger partial charge in [0.1, 0.15) is 6.10 Å². The van der Waals surface area contributed by atoms with Crippen LogP contribution in [-0.4, -0.2) is 46.9 Å². The van der Waals surface area contributed by atoms with Crippen molar-refractivity contribution in [3.63, 3.8) is 0 Å². The van der Waals surface area contributed by atoms with Gasteiger partial charge in [-0.1, -0.05) is 245 Å². The van der Waals surface area contributed by atoms with Crippen molar-refractivity contribution in [1.29, 1.82) is 0 Å². The number of ether oxygens (including phenoxy) is 1. The summed E-state index contributed by atoms with van der Waals surface area (Å²) in [6, 6.07) is -0.759. The number of carbonyl (C=O) groups is 2. The van der Waals surface area contributed by atoms with Crippen LogP contribution < -0.4 is 5.32 Å². The van der Waals surface area contributed by atoms with Crippen LogP contribution in [0.1, 0.15) is 201 Å². The van der Waals surface area contributed by atoms with E-state index in [0.29, 0.717) is 19.3 Å². The summed E-state index contributed by atoms with van der Waals surface area (Å²) in [6.45, 7) is 6.16. The monoisotopic (exact) mass is 872 g/mol. The molecule has 1 amide bonds. The predicted octanol–water partition coefficient (Wildman–Crippen LogP) is 15.3. The molecule has 0 fully saturated rings. The van der Waals surface area contributed by atoms with E-state index in [2.05, 4.69) is 92.9 Å². The van der Waals surface area contributed by atoms with Crippen LogP contribution in [-0.2, 0) is 14.3 Å². The molecule has 0 heterocycles. The highest BCUT2D eigenvalue weighted by atomic mass is 16.5. The molecule has 0 saturated carbocycles. The summed E-state index contributed by atoms with van der Waals surface area (Å²) in [5, 5.41) is 23.7. The van der Waals surface area contributed by atoms with Crippen molar-refractivity contribution in [3.8, 4) is 0 Å². The second-order valence-corrected chi connectivity index (χ2v) is 16.6. The minimum absolute atomic E-state index is 0.0488. The number of hydrogen-bond acceptors (Lipinski definition) is 5. The molecule has 0 bridgehead atoms. The first-order chi connectivity index (χ1) is 31.0. The lowest BCUT2D eigenvalue weighted by Crippen LogP contribution is -2.46. The van der Waals surface area contributed by atoms with Crippen LogP contribution in [0, 0.1) is 0 Å². The minimum Gasteiger partial charge on any atom is -0.461 e. The lowest BCUT2D eigenvalue weighted by Gasteiger charge is -2.24. The largest absolute Gasteiger partial charge is 0.461 e. The molecule has 3 unspecified atom stereocenters. The molecule has 3 N–H and O–H groups in total. The predicted molar refractivity (Wildman–Crippen MR) is 273 cm³/mol. The van der Waals surface area contributed by atoms with E-state index in [1.807, 2.05) is 54.7 Å². The van der Waals surface area contributed by atoms with Crippen LogP contribution in [0.25, 0.3) is 0 Å². The minimum atomic E-state index is -0.835. The SMILES string of the molecule is CC/C=C\C/C=C\C/C=C\C/C=C\C/C=C\CCCC(=O)OC(C/C=C/C=C\C=C/C=C/C=C/CC)CC(=O)NC(CO)C(O)CCCCCCCCCCCCCCCCCC. The second-order valence-electron chi connectivity index (χ2n) is 16.6. The topological polar surface area (TPSA) is 95.9 Å². The van der Waals surface area contributed by atoms with E-state index < -0.39 is 18.2 Å². The van der Waals surface area contributed by atoms with Gasteiger partial charge in [-0.05, 0) is 57.8 Å². The van der Waals surface area contributed by atoms with Gasteiger partial charge in [0, 0.05) is 12.8 Å². The van der Waals surface area contributed by atoms with Crippen molar-refractivity contribution in [2.75, 3.05) is 6.61 Å². The number of aliphatic hydroxyl groups excluding tert-OH is 2. The third kappa shape index (κ3) is 44.7. The first-order valence-corrected chi connectivity index (χ1v) is 25.3. The number of unbranched alkanes of at least 4 members (excludes halogenated alkanes) is 16. The van der Waals surface area contributed by atoms with Crippen molar-refractivity contribution in [2.45, 2.75) is 219 Å². The Morgan fingerprint density at radius 3 is 1.41 bits per heavy atom. The molecule has 0 aromatic heterocycles. The Kier molecular flexibility index (Phi) is 46.4. The molecule has 0 aliphatic heterocycles. The van der Waals surface area contributed by atoms with Gasteiger partial charge in [0.15, 0.2) is 0 Å². The van der Waals surface area contributed by atoms with Gasteiger partial charge in [-0.2, -0.15) is 0 Å². The summed E-state index contributed by atoms with van der Waals surface area (Å²) in [7, 11) is 0. The number of hydrogen-bond donors (Lipinski definition) is 3. The lowest BCUT2D eigenvalue weighted by molar-refractivity contribution is -0.150. The van der Waals surface area contributed by atoms with Gasteiger partial charge in [0.2, 0.25) is 5.91 Å². The van der Waals surface area contributed by atoms with Crippen LogP contribution in [0.3, 0.4) is 0 Å². The Morgan fingerprint density at radius 2 is 0.937 bits per heavy atom. The van der Waals surface area contributed by atoms with E-state index in [-0.39, 0.29) is 31.3 Å². The number of rotatable bonds is 43. The molecule has 0 rings (SSSR count). The lowest BCUT2D eigenvalue weighted by atomic mass is 10.0. The Labute approximate surface area is 387 Å². The zero-order valence-corrected chi connectivity index (χ0v) is 40.4. The summed E-state index contributed by atoms with van der Waals surface area (Å²) in [4.78, 5) is 26.0. The number of carbonyl (C=O) groups excluding carboxylic acids is 2. The Morgan fingerprint density at radius 1 is 0.508 bits per heavy atom. The quantitative estimate of drug-likeness (QED) is 0.0245. The van der Waals surface area contributed by atoms with Crippen molar-refractivity contribution in [1.82, 2.24) is 5.32 Å². The zero-order chi connectivity index (χ0) is 45.9. The number of allylic oxidation sites excluding steroid dienone is 19. The summed E-state index contributed by atoms with van der Waals surface area (Å²) in [6.07, 6.45) is 68.6. The molecule has 0 radical (unpaired) electrons. The van der Waals surface area contributed by atoms with Gasteiger partial charge in [0.05, 0.1) is 25.2 Å². The fourth-order valence-corrected chi connectivity index (χ4v) is 6.90. The highest BCUT2D eigenvalue weighted by Gasteiger charge is 2.23. The van der Waals surface area contributed by atoms with Crippen LogP contribution in [0.2, 0.25) is 0 Å². The van der Waals surface area contributed by atoms with Crippen molar-refractivity contribution < 1.29 is 24.5 Å². The fraction of sp³-hybridized carbons (Fsp3) is 0.614. The van der Waals surface area contributed by atoms with Crippen LogP contribution >= 0.6 is 0 Å². The van der Waals surface area contributed by atoms with Crippen LogP contribution in [0.4, 0.5) is 0 Å². The number of nitrogens with one attached hydrogen (secondary N) is 1. The molecular formula is C57H93NO5. The maximum Gasteiger partial charge on any atom is 0.306 e. The highest BCUT2D eigenvalue weighted by Crippen LogP contribution is 2.16. The summed E-state index contributed by atoms with van der Waals surface area (Å²) >= 11 is 0. The second kappa shape index (κ2) is 49.3. The molecule has 3 atom stereocenters. The van der Waals surface area contributed by atoms with Gasteiger partial charge < -0.3 is 20.3 Å². The highest BCUT2D eigenvalue weighted by molar-refractivity contribution is 5.77. The van der Waals surface area contributed by atoms with E-state index in [0.717, 1.165) is 64.2 Å². The summed E-state index contributed by atoms with van der Waals surface area (Å²) < 4.78 is 5.80. The molecule has 0 aromatic rings. The average molecular weight is 872 g/mol. The van der Waals surface area contributed by atoms with Gasteiger partial charge in [-0.15, -0.1) is 0 Å². The summed E-state index contributed by atoms with van der Waals surface area (Å²) in [5.74, 6) is -0.689. The molecule has 0 saturated heterocycles. The molecule has 63 heavy (non-hydrogen) atoms. The van der Waals surface area contributed by atoms with Crippen molar-refractivity contribution >= 4 is 11.9 Å². The van der Waals surface area contributed by atoms with Gasteiger partial charge >= 0.3 is 5.97 Å². The van der Waals surface area contributed by atoms with Crippen molar-refractivity contribution in [2.24, 2.45) is 0 Å². The summed E-state index contributed by atoms with van der Waals surface area (Å²) in [5.41, 5.74) is 0. The molecule has 6 nitrogen and oxygen atoms in total. The Balaban J connectivity index is 4.73. The van der Waals surface area contributed by atoms with E-state index in [1.54, 1.807) is 0 Å². The van der Waals surface area contributed by atoms with Gasteiger partial charge in [-0.3, -0.25) is 9.59 Å².